The molecule has 16 heavy (non-hydrogen) atoms. The van der Waals surface area contributed by atoms with Gasteiger partial charge in [-0.05, 0) is 0 Å². The van der Waals surface area contributed by atoms with Crippen molar-refractivity contribution in [3.63, 3.8) is 0 Å². The van der Waals surface area contributed by atoms with E-state index in [4.69, 9.17) is 15.6 Å². The summed E-state index contributed by atoms with van der Waals surface area (Å²) in [6, 6.07) is 0. The maximum Gasteiger partial charge on any atom is 0.227 e. The number of rotatable bonds is 4. The third-order valence-electron chi connectivity index (χ3n) is 2.24. The predicted molar refractivity (Wildman–Crippen MR) is 55.4 cm³/mol. The van der Waals surface area contributed by atoms with Crippen LogP contribution in [0.3, 0.4) is 0 Å². The summed E-state index contributed by atoms with van der Waals surface area (Å²) in [5.74, 6) is -0.662. The first-order valence-electron chi connectivity index (χ1n) is 4.67. The molecular weight excluding hydrogens is 238 g/mol. The Kier molecular flexibility index (Phi) is 4.96. The molecule has 1 heterocycles. The monoisotopic (exact) mass is 253 g/mol. The zero-order valence-corrected chi connectivity index (χ0v) is 9.21. The van der Waals surface area contributed by atoms with Crippen molar-refractivity contribution in [3.05, 3.63) is 0 Å². The van der Waals surface area contributed by atoms with Gasteiger partial charge in [0, 0.05) is 0 Å². The molecule has 0 aliphatic carbocycles. The lowest BCUT2D eigenvalue weighted by Gasteiger charge is -2.39. The van der Waals surface area contributed by atoms with Gasteiger partial charge < -0.3 is 30.9 Å². The number of amides is 1. The van der Waals surface area contributed by atoms with Gasteiger partial charge in [0.1, 0.15) is 29.9 Å². The van der Waals surface area contributed by atoms with Crippen molar-refractivity contribution in [2.24, 2.45) is 5.73 Å². The fraction of sp³-hybridized carbons (Fsp3) is 0.875. The summed E-state index contributed by atoms with van der Waals surface area (Å²) in [5.41, 5.74) is 4.03. The zero-order chi connectivity index (χ0) is 12.3. The Morgan fingerprint density at radius 1 is 1.25 bits per heavy atom. The maximum atomic E-state index is 10.5. The standard InChI is InChI=1S/C8H15NO6S/c9-4(11)2-16-8-7(14)6(13)5(12)3(1-10)15-8/h3,5-8,10,12-14H,1-2H2,(H2,9,11)/t3-,5-,6+,7-,8+/m1/s1. The molecule has 1 fully saturated rings. The largest absolute Gasteiger partial charge is 0.394 e. The normalized spacial score (nSPS) is 39.6. The third kappa shape index (κ3) is 3.06. The number of hydrogen-bond acceptors (Lipinski definition) is 7. The molecule has 0 unspecified atom stereocenters. The van der Waals surface area contributed by atoms with Crippen LogP contribution in [0.5, 0.6) is 0 Å². The fourth-order valence-electron chi connectivity index (χ4n) is 1.37. The second kappa shape index (κ2) is 5.80. The maximum absolute atomic E-state index is 10.5. The smallest absolute Gasteiger partial charge is 0.227 e. The van der Waals surface area contributed by atoms with Crippen molar-refractivity contribution in [3.8, 4) is 0 Å². The molecule has 0 radical (unpaired) electrons. The molecule has 7 nitrogen and oxygen atoms in total. The van der Waals surface area contributed by atoms with E-state index in [1.165, 1.54) is 0 Å². The molecule has 0 aromatic carbocycles. The summed E-state index contributed by atoms with van der Waals surface area (Å²) >= 11 is 0.909. The van der Waals surface area contributed by atoms with Gasteiger partial charge in [-0.2, -0.15) is 0 Å². The molecule has 0 spiro atoms. The highest BCUT2D eigenvalue weighted by atomic mass is 32.2. The van der Waals surface area contributed by atoms with Crippen LogP contribution < -0.4 is 5.73 Å². The molecule has 1 aliphatic heterocycles. The molecule has 0 aromatic heterocycles. The van der Waals surface area contributed by atoms with Crippen LogP contribution in [0.4, 0.5) is 0 Å². The molecule has 5 atom stereocenters. The lowest BCUT2D eigenvalue weighted by molar-refractivity contribution is -0.205. The molecule has 8 heteroatoms. The van der Waals surface area contributed by atoms with E-state index < -0.39 is 42.4 Å². The van der Waals surface area contributed by atoms with Crippen molar-refractivity contribution in [2.75, 3.05) is 12.4 Å². The summed E-state index contributed by atoms with van der Waals surface area (Å²) in [7, 11) is 0. The first kappa shape index (κ1) is 13.7. The van der Waals surface area contributed by atoms with E-state index in [1.807, 2.05) is 0 Å². The molecule has 0 bridgehead atoms. The number of nitrogens with two attached hydrogens (primary N) is 1. The summed E-state index contributed by atoms with van der Waals surface area (Å²) < 4.78 is 5.13. The fourth-order valence-corrected chi connectivity index (χ4v) is 2.28. The summed E-state index contributed by atoms with van der Waals surface area (Å²) in [5, 5.41) is 37.3. The van der Waals surface area contributed by atoms with Crippen molar-refractivity contribution in [2.45, 2.75) is 29.9 Å². The number of carbonyl (C=O) groups excluding carboxylic acids is 1. The van der Waals surface area contributed by atoms with Gasteiger partial charge in [0.15, 0.2) is 0 Å². The highest BCUT2D eigenvalue weighted by Gasteiger charge is 2.43. The lowest BCUT2D eigenvalue weighted by Crippen LogP contribution is -2.57. The van der Waals surface area contributed by atoms with Crippen LogP contribution in [0.2, 0.25) is 0 Å². The minimum absolute atomic E-state index is 0.0807. The highest BCUT2D eigenvalue weighted by Crippen LogP contribution is 2.28. The van der Waals surface area contributed by atoms with E-state index in [-0.39, 0.29) is 5.75 Å². The first-order valence-corrected chi connectivity index (χ1v) is 5.72. The van der Waals surface area contributed by atoms with Crippen LogP contribution in [0.25, 0.3) is 0 Å². The van der Waals surface area contributed by atoms with Crippen LogP contribution >= 0.6 is 11.8 Å². The molecule has 1 aliphatic rings. The Morgan fingerprint density at radius 2 is 1.88 bits per heavy atom. The van der Waals surface area contributed by atoms with Gasteiger partial charge in [0.25, 0.3) is 0 Å². The van der Waals surface area contributed by atoms with Gasteiger partial charge in [-0.25, -0.2) is 0 Å². The van der Waals surface area contributed by atoms with Gasteiger partial charge in [-0.3, -0.25) is 4.79 Å². The quantitative estimate of drug-likeness (QED) is 0.360. The van der Waals surface area contributed by atoms with Crippen LogP contribution in [0.1, 0.15) is 0 Å². The Labute approximate surface area is 96.2 Å². The minimum Gasteiger partial charge on any atom is -0.394 e. The van der Waals surface area contributed by atoms with Crippen molar-refractivity contribution >= 4 is 17.7 Å². The van der Waals surface area contributed by atoms with Gasteiger partial charge in [0.05, 0.1) is 12.4 Å². The predicted octanol–water partition coefficient (Wildman–Crippen LogP) is -3.00. The summed E-state index contributed by atoms with van der Waals surface area (Å²) in [6.45, 7) is -0.488. The van der Waals surface area contributed by atoms with Crippen molar-refractivity contribution < 1.29 is 30.0 Å². The topological polar surface area (TPSA) is 133 Å². The number of ether oxygens (including phenoxy) is 1. The number of hydrogen-bond donors (Lipinski definition) is 5. The van der Waals surface area contributed by atoms with E-state index in [2.05, 4.69) is 0 Å². The van der Waals surface area contributed by atoms with E-state index >= 15 is 0 Å². The van der Waals surface area contributed by atoms with Crippen molar-refractivity contribution in [1.29, 1.82) is 0 Å². The Hall–Kier alpha value is -0.380. The summed E-state index contributed by atoms with van der Waals surface area (Å²) in [6.07, 6.45) is -5.09. The van der Waals surface area contributed by atoms with Crippen LogP contribution in [-0.4, -0.2) is 68.5 Å². The number of carbonyl (C=O) groups is 1. The molecule has 0 aromatic rings. The second-order valence-corrected chi connectivity index (χ2v) is 4.56. The molecule has 6 N–H and O–H groups in total. The highest BCUT2D eigenvalue weighted by molar-refractivity contribution is 8.00. The SMILES string of the molecule is NC(=O)CS[C@@H]1O[C@H](CO)[C@@H](O)[C@H](O)[C@H]1O. The lowest BCUT2D eigenvalue weighted by atomic mass is 10.0. The van der Waals surface area contributed by atoms with E-state index in [0.717, 1.165) is 11.8 Å². The van der Waals surface area contributed by atoms with Gasteiger partial charge in [0.2, 0.25) is 5.91 Å². The molecule has 94 valence electrons. The van der Waals surface area contributed by atoms with E-state index in [9.17, 15) is 20.1 Å². The number of thioether (sulfide) groups is 1. The average molecular weight is 253 g/mol. The third-order valence-corrected chi connectivity index (χ3v) is 3.41. The Morgan fingerprint density at radius 3 is 2.38 bits per heavy atom. The second-order valence-electron chi connectivity index (χ2n) is 3.47. The van der Waals surface area contributed by atoms with E-state index in [0.29, 0.717) is 0 Å². The molecule has 1 rings (SSSR count). The number of aliphatic hydroxyl groups excluding tert-OH is 4. The van der Waals surface area contributed by atoms with Crippen LogP contribution in [0.15, 0.2) is 0 Å². The summed E-state index contributed by atoms with van der Waals surface area (Å²) in [4.78, 5) is 10.5. The van der Waals surface area contributed by atoms with Gasteiger partial charge in [-0.15, -0.1) is 11.8 Å². The number of primary amides is 1. The zero-order valence-electron chi connectivity index (χ0n) is 8.39. The average Bonchev–Trinajstić information content (AvgIpc) is 2.25. The Bertz CT molecular complexity index is 251. The number of aliphatic hydroxyl groups is 4. The van der Waals surface area contributed by atoms with Crippen LogP contribution in [-0.2, 0) is 9.53 Å². The molecule has 0 saturated carbocycles. The van der Waals surface area contributed by atoms with E-state index in [1.54, 1.807) is 0 Å². The Balaban J connectivity index is 2.60. The molecular formula is C8H15NO6S. The molecule has 1 amide bonds. The molecule has 1 saturated heterocycles. The van der Waals surface area contributed by atoms with Crippen LogP contribution in [0, 0.1) is 0 Å². The minimum atomic E-state index is -1.42. The van der Waals surface area contributed by atoms with Gasteiger partial charge >= 0.3 is 0 Å². The van der Waals surface area contributed by atoms with Gasteiger partial charge in [-0.1, -0.05) is 0 Å². The first-order chi connectivity index (χ1) is 7.47. The van der Waals surface area contributed by atoms with Crippen molar-refractivity contribution in [1.82, 2.24) is 0 Å².